The molecule has 25 heavy (non-hydrogen) atoms. The number of amides is 2. The van der Waals surface area contributed by atoms with Crippen LogP contribution in [0.4, 0.5) is 4.79 Å². The van der Waals surface area contributed by atoms with E-state index in [0.717, 1.165) is 50.7 Å². The van der Waals surface area contributed by atoms with Crippen molar-refractivity contribution < 1.29 is 9.90 Å². The molecular weight excluding hydrogens is 314 g/mol. The van der Waals surface area contributed by atoms with E-state index in [1.165, 1.54) is 10.9 Å². The standard InChI is InChI=1S/C20H29N3O2/c1-2-20(15-24)9-12-23(13-10-20)19(25)21-11-5-6-16-14-22-18-8-4-3-7-17(16)18/h3-4,7-8,14,22,24H,2,5-6,9-13,15H2,1H3,(H,21,25). The molecule has 1 aromatic heterocycles. The summed E-state index contributed by atoms with van der Waals surface area (Å²) in [6.07, 6.45) is 6.70. The molecule has 2 heterocycles. The van der Waals surface area contributed by atoms with Crippen molar-refractivity contribution in [3.63, 3.8) is 0 Å². The zero-order valence-corrected chi connectivity index (χ0v) is 15.1. The average Bonchev–Trinajstić information content (AvgIpc) is 3.08. The van der Waals surface area contributed by atoms with Crippen molar-refractivity contribution in [1.82, 2.24) is 15.2 Å². The normalized spacial score (nSPS) is 17.0. The minimum absolute atomic E-state index is 0.0200. The van der Waals surface area contributed by atoms with Crippen molar-refractivity contribution >= 4 is 16.9 Å². The van der Waals surface area contributed by atoms with Crippen LogP contribution >= 0.6 is 0 Å². The minimum atomic E-state index is 0.0200. The molecule has 0 atom stereocenters. The smallest absolute Gasteiger partial charge is 0.317 e. The highest BCUT2D eigenvalue weighted by Gasteiger charge is 2.33. The lowest BCUT2D eigenvalue weighted by molar-refractivity contribution is 0.0520. The summed E-state index contributed by atoms with van der Waals surface area (Å²) >= 11 is 0. The van der Waals surface area contributed by atoms with Gasteiger partial charge in [0.1, 0.15) is 0 Å². The number of likely N-dealkylation sites (tertiary alicyclic amines) is 1. The molecule has 1 aliphatic rings. The number of nitrogens with one attached hydrogen (secondary N) is 2. The number of carbonyl (C=O) groups is 1. The number of aryl methyl sites for hydroxylation is 1. The Morgan fingerprint density at radius 2 is 2.08 bits per heavy atom. The molecule has 0 radical (unpaired) electrons. The van der Waals surface area contributed by atoms with Crippen LogP contribution in [0.1, 0.15) is 38.2 Å². The molecule has 3 N–H and O–H groups in total. The van der Waals surface area contributed by atoms with E-state index in [1.807, 2.05) is 11.0 Å². The number of aromatic amines is 1. The van der Waals surface area contributed by atoms with Gasteiger partial charge >= 0.3 is 6.03 Å². The van der Waals surface area contributed by atoms with Crippen molar-refractivity contribution in [2.75, 3.05) is 26.2 Å². The fourth-order valence-corrected chi connectivity index (χ4v) is 3.73. The Hall–Kier alpha value is -2.01. The van der Waals surface area contributed by atoms with Gasteiger partial charge in [-0.2, -0.15) is 0 Å². The number of aliphatic hydroxyl groups excluding tert-OH is 1. The lowest BCUT2D eigenvalue weighted by Crippen LogP contribution is -2.48. The predicted molar refractivity (Wildman–Crippen MR) is 101 cm³/mol. The number of benzene rings is 1. The van der Waals surface area contributed by atoms with E-state index < -0.39 is 0 Å². The first kappa shape index (κ1) is 17.8. The number of urea groups is 1. The average molecular weight is 343 g/mol. The highest BCUT2D eigenvalue weighted by Crippen LogP contribution is 2.34. The van der Waals surface area contributed by atoms with E-state index in [2.05, 4.69) is 41.6 Å². The van der Waals surface area contributed by atoms with Crippen LogP contribution in [0.25, 0.3) is 10.9 Å². The molecule has 1 aromatic carbocycles. The third-order valence-corrected chi connectivity index (χ3v) is 5.77. The summed E-state index contributed by atoms with van der Waals surface area (Å²) in [6, 6.07) is 8.34. The first-order chi connectivity index (χ1) is 12.2. The van der Waals surface area contributed by atoms with Gasteiger partial charge in [-0.05, 0) is 49.1 Å². The van der Waals surface area contributed by atoms with Crippen LogP contribution in [-0.4, -0.2) is 47.3 Å². The summed E-state index contributed by atoms with van der Waals surface area (Å²) in [5, 5.41) is 13.9. The first-order valence-electron chi connectivity index (χ1n) is 9.36. The summed E-state index contributed by atoms with van der Waals surface area (Å²) in [4.78, 5) is 17.5. The van der Waals surface area contributed by atoms with Crippen molar-refractivity contribution in [2.45, 2.75) is 39.0 Å². The van der Waals surface area contributed by atoms with Gasteiger partial charge in [-0.3, -0.25) is 0 Å². The van der Waals surface area contributed by atoms with Crippen LogP contribution < -0.4 is 5.32 Å². The molecule has 2 amide bonds. The zero-order chi connectivity index (χ0) is 17.7. The maximum Gasteiger partial charge on any atom is 0.317 e. The van der Waals surface area contributed by atoms with Gasteiger partial charge in [0, 0.05) is 43.3 Å². The van der Waals surface area contributed by atoms with Crippen LogP contribution in [0.5, 0.6) is 0 Å². The number of aromatic nitrogens is 1. The molecule has 3 rings (SSSR count). The van der Waals surface area contributed by atoms with Crippen molar-refractivity contribution in [2.24, 2.45) is 5.41 Å². The molecule has 2 aromatic rings. The van der Waals surface area contributed by atoms with Gasteiger partial charge in [0.15, 0.2) is 0 Å². The Balaban J connectivity index is 1.41. The lowest BCUT2D eigenvalue weighted by atomic mass is 9.77. The fourth-order valence-electron chi connectivity index (χ4n) is 3.73. The molecule has 1 aliphatic heterocycles. The fraction of sp³-hybridized carbons (Fsp3) is 0.550. The van der Waals surface area contributed by atoms with Gasteiger partial charge in [-0.25, -0.2) is 4.79 Å². The Kier molecular flexibility index (Phi) is 5.63. The second-order valence-electron chi connectivity index (χ2n) is 7.19. The van der Waals surface area contributed by atoms with Crippen LogP contribution in [0.15, 0.2) is 30.5 Å². The van der Waals surface area contributed by atoms with Crippen LogP contribution in [-0.2, 0) is 6.42 Å². The van der Waals surface area contributed by atoms with Crippen molar-refractivity contribution in [3.05, 3.63) is 36.0 Å². The number of hydrogen-bond donors (Lipinski definition) is 3. The largest absolute Gasteiger partial charge is 0.396 e. The minimum Gasteiger partial charge on any atom is -0.396 e. The summed E-state index contributed by atoms with van der Waals surface area (Å²) < 4.78 is 0. The molecule has 136 valence electrons. The van der Waals surface area contributed by atoms with Gasteiger partial charge in [0.25, 0.3) is 0 Å². The van der Waals surface area contributed by atoms with E-state index in [9.17, 15) is 9.90 Å². The monoisotopic (exact) mass is 343 g/mol. The molecule has 5 heteroatoms. The Labute approximate surface area is 149 Å². The SMILES string of the molecule is CCC1(CO)CCN(C(=O)NCCCc2c[nH]c3ccccc23)CC1. The number of hydrogen-bond acceptors (Lipinski definition) is 2. The van der Waals surface area contributed by atoms with Crippen LogP contribution in [0, 0.1) is 5.41 Å². The second-order valence-corrected chi connectivity index (χ2v) is 7.19. The molecule has 5 nitrogen and oxygen atoms in total. The number of H-pyrrole nitrogens is 1. The highest BCUT2D eigenvalue weighted by atomic mass is 16.3. The Bertz CT molecular complexity index is 696. The molecule has 0 aliphatic carbocycles. The summed E-state index contributed by atoms with van der Waals surface area (Å²) in [5.74, 6) is 0. The second kappa shape index (κ2) is 7.91. The van der Waals surface area contributed by atoms with Gasteiger partial charge in [-0.15, -0.1) is 0 Å². The molecule has 0 bridgehead atoms. The number of para-hydroxylation sites is 1. The first-order valence-corrected chi connectivity index (χ1v) is 9.36. The van der Waals surface area contributed by atoms with Gasteiger partial charge in [0.05, 0.1) is 0 Å². The summed E-state index contributed by atoms with van der Waals surface area (Å²) in [7, 11) is 0. The molecular formula is C20H29N3O2. The van der Waals surface area contributed by atoms with E-state index in [0.29, 0.717) is 6.54 Å². The van der Waals surface area contributed by atoms with E-state index in [-0.39, 0.29) is 18.1 Å². The molecule has 0 unspecified atom stereocenters. The molecule has 0 spiro atoms. The third kappa shape index (κ3) is 3.98. The van der Waals surface area contributed by atoms with Gasteiger partial charge in [0.2, 0.25) is 0 Å². The van der Waals surface area contributed by atoms with Crippen molar-refractivity contribution in [1.29, 1.82) is 0 Å². The van der Waals surface area contributed by atoms with E-state index >= 15 is 0 Å². The highest BCUT2D eigenvalue weighted by molar-refractivity contribution is 5.83. The zero-order valence-electron chi connectivity index (χ0n) is 15.1. The maximum atomic E-state index is 12.3. The van der Waals surface area contributed by atoms with E-state index in [4.69, 9.17) is 0 Å². The number of rotatable bonds is 6. The van der Waals surface area contributed by atoms with Gasteiger partial charge < -0.3 is 20.3 Å². The molecule has 0 saturated carbocycles. The van der Waals surface area contributed by atoms with Crippen LogP contribution in [0.3, 0.4) is 0 Å². The van der Waals surface area contributed by atoms with Crippen LogP contribution in [0.2, 0.25) is 0 Å². The number of nitrogens with zero attached hydrogens (tertiary/aromatic N) is 1. The Morgan fingerprint density at radius 1 is 1.32 bits per heavy atom. The molecule has 1 saturated heterocycles. The number of carbonyl (C=O) groups excluding carboxylic acids is 1. The predicted octanol–water partition coefficient (Wildman–Crippen LogP) is 3.29. The lowest BCUT2D eigenvalue weighted by Gasteiger charge is -2.40. The number of piperidine rings is 1. The summed E-state index contributed by atoms with van der Waals surface area (Å²) in [5.41, 5.74) is 2.49. The summed E-state index contributed by atoms with van der Waals surface area (Å²) in [6.45, 7) is 4.51. The van der Waals surface area contributed by atoms with E-state index in [1.54, 1.807) is 0 Å². The topological polar surface area (TPSA) is 68.4 Å². The maximum absolute atomic E-state index is 12.3. The quantitative estimate of drug-likeness (QED) is 0.705. The number of fused-ring (bicyclic) bond motifs is 1. The van der Waals surface area contributed by atoms with Crippen molar-refractivity contribution in [3.8, 4) is 0 Å². The van der Waals surface area contributed by atoms with Gasteiger partial charge in [-0.1, -0.05) is 25.1 Å². The molecule has 1 fully saturated rings. The third-order valence-electron chi connectivity index (χ3n) is 5.77. The number of aliphatic hydroxyl groups is 1. The Morgan fingerprint density at radius 3 is 2.80 bits per heavy atom.